The minimum absolute atomic E-state index is 0.0758. The molecule has 0 saturated heterocycles. The molecule has 3 rings (SSSR count). The molecule has 0 fully saturated rings. The number of carbonyl (C=O) groups is 1. The van der Waals surface area contributed by atoms with Crippen LogP contribution in [0.3, 0.4) is 0 Å². The number of aromatic nitrogens is 2. The highest BCUT2D eigenvalue weighted by molar-refractivity contribution is 7.18. The lowest BCUT2D eigenvalue weighted by atomic mass is 10.2. The van der Waals surface area contributed by atoms with E-state index in [2.05, 4.69) is 20.8 Å². The van der Waals surface area contributed by atoms with Crippen molar-refractivity contribution in [1.82, 2.24) is 10.2 Å². The molecule has 0 spiro atoms. The van der Waals surface area contributed by atoms with Crippen LogP contribution < -0.4 is 10.6 Å². The SMILES string of the molecule is O=C(Nc1ccc([N+](=O)[O-])cc1)Nc1nnc(-c2cccc([N+](=O)[O-])c2)s1. The summed E-state index contributed by atoms with van der Waals surface area (Å²) in [5.41, 5.74) is 0.701. The van der Waals surface area contributed by atoms with Gasteiger partial charge in [-0.1, -0.05) is 23.5 Å². The molecule has 0 aliphatic rings. The van der Waals surface area contributed by atoms with Gasteiger partial charge in [-0.15, -0.1) is 10.2 Å². The molecule has 0 bridgehead atoms. The Morgan fingerprint density at radius 3 is 2.30 bits per heavy atom. The number of benzene rings is 2. The summed E-state index contributed by atoms with van der Waals surface area (Å²) >= 11 is 1.05. The lowest BCUT2D eigenvalue weighted by molar-refractivity contribution is -0.385. The number of non-ortho nitro benzene ring substituents is 2. The van der Waals surface area contributed by atoms with Crippen LogP contribution in [0.2, 0.25) is 0 Å². The molecular formula is C15H10N6O5S. The molecule has 0 saturated carbocycles. The van der Waals surface area contributed by atoms with Crippen LogP contribution in [0.15, 0.2) is 48.5 Å². The van der Waals surface area contributed by atoms with E-state index >= 15 is 0 Å². The number of nitrogens with zero attached hydrogens (tertiary/aromatic N) is 4. The number of nitro groups is 2. The lowest BCUT2D eigenvalue weighted by Crippen LogP contribution is -2.19. The van der Waals surface area contributed by atoms with E-state index in [1.807, 2.05) is 0 Å². The Morgan fingerprint density at radius 2 is 1.63 bits per heavy atom. The molecule has 3 aromatic rings. The van der Waals surface area contributed by atoms with Gasteiger partial charge in [0.15, 0.2) is 0 Å². The maximum Gasteiger partial charge on any atom is 0.325 e. The standard InChI is InChI=1S/C15H10N6O5S/c22-14(16-10-4-6-11(7-5-10)20(23)24)17-15-19-18-13(27-15)9-2-1-3-12(8-9)21(25)26/h1-8H,(H2,16,17,19,22). The van der Waals surface area contributed by atoms with Crippen LogP contribution in [0.25, 0.3) is 10.6 Å². The third kappa shape index (κ3) is 4.38. The number of carbonyl (C=O) groups excluding carboxylic acids is 1. The van der Waals surface area contributed by atoms with Gasteiger partial charge in [0.1, 0.15) is 5.01 Å². The van der Waals surface area contributed by atoms with Crippen LogP contribution in [0, 0.1) is 20.2 Å². The van der Waals surface area contributed by atoms with E-state index in [1.165, 1.54) is 42.5 Å². The summed E-state index contributed by atoms with van der Waals surface area (Å²) in [7, 11) is 0. The molecular weight excluding hydrogens is 376 g/mol. The van der Waals surface area contributed by atoms with E-state index in [-0.39, 0.29) is 16.5 Å². The van der Waals surface area contributed by atoms with Crippen molar-refractivity contribution in [3.05, 3.63) is 68.8 Å². The Morgan fingerprint density at radius 1 is 0.926 bits per heavy atom. The zero-order chi connectivity index (χ0) is 19.4. The van der Waals surface area contributed by atoms with Crippen LogP contribution in [0.1, 0.15) is 0 Å². The topological polar surface area (TPSA) is 153 Å². The molecule has 2 aromatic carbocycles. The fraction of sp³-hybridized carbons (Fsp3) is 0. The van der Waals surface area contributed by atoms with Gasteiger partial charge < -0.3 is 5.32 Å². The van der Waals surface area contributed by atoms with Gasteiger partial charge in [0.2, 0.25) is 5.13 Å². The predicted octanol–water partition coefficient (Wildman–Crippen LogP) is 3.67. The highest BCUT2D eigenvalue weighted by atomic mass is 32.1. The molecule has 0 atom stereocenters. The molecule has 2 N–H and O–H groups in total. The normalized spacial score (nSPS) is 10.2. The maximum atomic E-state index is 12.0. The highest BCUT2D eigenvalue weighted by Crippen LogP contribution is 2.28. The van der Waals surface area contributed by atoms with Crippen LogP contribution >= 0.6 is 11.3 Å². The van der Waals surface area contributed by atoms with Crippen molar-refractivity contribution in [2.24, 2.45) is 0 Å². The smallest absolute Gasteiger partial charge is 0.308 e. The second-order valence-electron chi connectivity index (χ2n) is 5.10. The summed E-state index contributed by atoms with van der Waals surface area (Å²) < 4.78 is 0. The number of nitro benzene ring substituents is 2. The number of hydrogen-bond acceptors (Lipinski definition) is 8. The fourth-order valence-electron chi connectivity index (χ4n) is 2.07. The van der Waals surface area contributed by atoms with E-state index < -0.39 is 15.9 Å². The molecule has 12 heteroatoms. The van der Waals surface area contributed by atoms with E-state index in [1.54, 1.807) is 6.07 Å². The number of rotatable bonds is 5. The minimum atomic E-state index is -0.606. The van der Waals surface area contributed by atoms with Crippen molar-refractivity contribution in [2.45, 2.75) is 0 Å². The Kier molecular flexibility index (Phi) is 4.99. The third-order valence-electron chi connectivity index (χ3n) is 3.29. The van der Waals surface area contributed by atoms with Gasteiger partial charge in [-0.3, -0.25) is 25.5 Å². The van der Waals surface area contributed by atoms with Gasteiger partial charge in [-0.05, 0) is 12.1 Å². The van der Waals surface area contributed by atoms with Crippen LogP contribution in [0.4, 0.5) is 27.0 Å². The summed E-state index contributed by atoms with van der Waals surface area (Å²) in [6, 6.07) is 10.6. The number of urea groups is 1. The first-order valence-electron chi connectivity index (χ1n) is 7.33. The zero-order valence-corrected chi connectivity index (χ0v) is 14.2. The molecule has 0 aliphatic carbocycles. The number of anilines is 2. The van der Waals surface area contributed by atoms with Crippen LogP contribution in [-0.4, -0.2) is 26.1 Å². The molecule has 0 aliphatic heterocycles. The van der Waals surface area contributed by atoms with Crippen LogP contribution in [-0.2, 0) is 0 Å². The first kappa shape index (κ1) is 17.9. The highest BCUT2D eigenvalue weighted by Gasteiger charge is 2.13. The van der Waals surface area contributed by atoms with Gasteiger partial charge >= 0.3 is 6.03 Å². The Labute approximate surface area is 155 Å². The molecule has 136 valence electrons. The molecule has 0 unspecified atom stereocenters. The fourth-order valence-corrected chi connectivity index (χ4v) is 2.80. The monoisotopic (exact) mass is 386 g/mol. The van der Waals surface area contributed by atoms with Gasteiger partial charge in [-0.25, -0.2) is 4.79 Å². The van der Waals surface area contributed by atoms with E-state index in [0.717, 1.165) is 11.3 Å². The average molecular weight is 386 g/mol. The maximum absolute atomic E-state index is 12.0. The van der Waals surface area contributed by atoms with Gasteiger partial charge in [0, 0.05) is 35.5 Å². The Hall–Kier alpha value is -3.93. The minimum Gasteiger partial charge on any atom is -0.308 e. The molecule has 11 nitrogen and oxygen atoms in total. The summed E-state index contributed by atoms with van der Waals surface area (Å²) in [5, 5.41) is 34.8. The van der Waals surface area contributed by atoms with Crippen molar-refractivity contribution in [2.75, 3.05) is 10.6 Å². The summed E-state index contributed by atoms with van der Waals surface area (Å²) in [4.78, 5) is 32.4. The average Bonchev–Trinajstić information content (AvgIpc) is 3.10. The quantitative estimate of drug-likeness (QED) is 0.501. The number of nitrogens with one attached hydrogen (secondary N) is 2. The summed E-state index contributed by atoms with van der Waals surface area (Å²) in [5.74, 6) is 0. The van der Waals surface area contributed by atoms with Crippen molar-refractivity contribution in [1.29, 1.82) is 0 Å². The van der Waals surface area contributed by atoms with Crippen molar-refractivity contribution < 1.29 is 14.6 Å². The van der Waals surface area contributed by atoms with Crippen molar-refractivity contribution in [3.63, 3.8) is 0 Å². The Balaban J connectivity index is 1.66. The second-order valence-corrected chi connectivity index (χ2v) is 6.08. The van der Waals surface area contributed by atoms with Crippen LogP contribution in [0.5, 0.6) is 0 Å². The first-order chi connectivity index (χ1) is 12.9. The number of amides is 2. The molecule has 0 radical (unpaired) electrons. The van der Waals surface area contributed by atoms with Gasteiger partial charge in [0.05, 0.1) is 9.85 Å². The van der Waals surface area contributed by atoms with Gasteiger partial charge in [-0.2, -0.15) is 0 Å². The summed E-state index contributed by atoms with van der Waals surface area (Å²) in [6.07, 6.45) is 0. The van der Waals surface area contributed by atoms with Gasteiger partial charge in [0.25, 0.3) is 11.4 Å². The molecule has 1 aromatic heterocycles. The zero-order valence-electron chi connectivity index (χ0n) is 13.4. The van der Waals surface area contributed by atoms with Crippen molar-refractivity contribution >= 4 is 39.6 Å². The second kappa shape index (κ2) is 7.53. The lowest BCUT2D eigenvalue weighted by Gasteiger charge is -2.04. The van der Waals surface area contributed by atoms with E-state index in [4.69, 9.17) is 0 Å². The Bertz CT molecular complexity index is 1020. The van der Waals surface area contributed by atoms with E-state index in [9.17, 15) is 25.0 Å². The molecule has 2 amide bonds. The van der Waals surface area contributed by atoms with Crippen molar-refractivity contribution in [3.8, 4) is 10.6 Å². The van der Waals surface area contributed by atoms with E-state index in [0.29, 0.717) is 16.3 Å². The predicted molar refractivity (Wildman–Crippen MR) is 97.7 cm³/mol. The molecule has 27 heavy (non-hydrogen) atoms. The number of hydrogen-bond donors (Lipinski definition) is 2. The largest absolute Gasteiger partial charge is 0.325 e. The third-order valence-corrected chi connectivity index (χ3v) is 4.17. The first-order valence-corrected chi connectivity index (χ1v) is 8.15. The summed E-state index contributed by atoms with van der Waals surface area (Å²) in [6.45, 7) is 0. The molecule has 1 heterocycles.